The highest BCUT2D eigenvalue weighted by molar-refractivity contribution is 7.85. The summed E-state index contributed by atoms with van der Waals surface area (Å²) in [6, 6.07) is 0.602. The molecule has 0 aromatic heterocycles. The summed E-state index contributed by atoms with van der Waals surface area (Å²) in [5, 5.41) is 3.41. The molecule has 3 atom stereocenters. The van der Waals surface area contributed by atoms with Crippen LogP contribution < -0.4 is 5.32 Å². The van der Waals surface area contributed by atoms with Crippen molar-refractivity contribution in [3.05, 3.63) is 0 Å². The van der Waals surface area contributed by atoms with Crippen LogP contribution >= 0.6 is 0 Å². The second-order valence-electron chi connectivity index (χ2n) is 4.88. The van der Waals surface area contributed by atoms with Crippen LogP contribution in [0.2, 0.25) is 0 Å². The highest BCUT2D eigenvalue weighted by atomic mass is 32.2. The lowest BCUT2D eigenvalue weighted by Crippen LogP contribution is -2.35. The molecule has 0 aliphatic heterocycles. The lowest BCUT2D eigenvalue weighted by molar-refractivity contribution is 0.352. The quantitative estimate of drug-likeness (QED) is 0.550. The van der Waals surface area contributed by atoms with Gasteiger partial charge in [0.25, 0.3) is 10.1 Å². The van der Waals surface area contributed by atoms with E-state index in [1.807, 2.05) is 0 Å². The van der Waals surface area contributed by atoms with Crippen molar-refractivity contribution in [2.24, 2.45) is 11.8 Å². The Kier molecular flexibility index (Phi) is 3.33. The topological polar surface area (TPSA) is 66.4 Å². The van der Waals surface area contributed by atoms with E-state index in [1.165, 1.54) is 25.7 Å². The van der Waals surface area contributed by atoms with Gasteiger partial charge in [-0.1, -0.05) is 6.42 Å². The summed E-state index contributed by atoms with van der Waals surface area (Å²) in [6.07, 6.45) is 5.84. The molecule has 2 aliphatic carbocycles. The summed E-state index contributed by atoms with van der Waals surface area (Å²) in [4.78, 5) is 0. The first-order chi connectivity index (χ1) is 7.04. The van der Waals surface area contributed by atoms with Crippen LogP contribution in [-0.2, 0) is 10.1 Å². The third-order valence-corrected chi connectivity index (χ3v) is 4.53. The Balaban J connectivity index is 1.63. The van der Waals surface area contributed by atoms with Crippen LogP contribution in [0.1, 0.15) is 32.1 Å². The minimum atomic E-state index is -3.77. The van der Waals surface area contributed by atoms with Crippen LogP contribution in [0.15, 0.2) is 0 Å². The van der Waals surface area contributed by atoms with E-state index in [0.29, 0.717) is 19.0 Å². The molecule has 15 heavy (non-hydrogen) atoms. The van der Waals surface area contributed by atoms with Gasteiger partial charge in [-0.15, -0.1) is 0 Å². The Morgan fingerprint density at radius 2 is 2.07 bits per heavy atom. The Morgan fingerprint density at radius 1 is 1.27 bits per heavy atom. The van der Waals surface area contributed by atoms with Gasteiger partial charge in [0.05, 0.1) is 5.75 Å². The number of fused-ring (bicyclic) bond motifs is 2. The summed E-state index contributed by atoms with van der Waals surface area (Å²) in [5.74, 6) is 1.61. The minimum absolute atomic E-state index is 0.124. The molecule has 2 bridgehead atoms. The van der Waals surface area contributed by atoms with Gasteiger partial charge >= 0.3 is 0 Å². The molecule has 4 nitrogen and oxygen atoms in total. The van der Waals surface area contributed by atoms with Crippen LogP contribution in [0.5, 0.6) is 0 Å². The second kappa shape index (κ2) is 4.39. The number of nitrogens with one attached hydrogen (secondary N) is 1. The predicted octanol–water partition coefficient (Wildman–Crippen LogP) is 1.04. The molecule has 0 saturated heterocycles. The van der Waals surface area contributed by atoms with Gasteiger partial charge in [-0.05, 0) is 44.1 Å². The zero-order valence-corrected chi connectivity index (χ0v) is 9.67. The SMILES string of the molecule is O=S(=O)(O)CCCNC1CC2CCC1C2. The Hall–Kier alpha value is -0.130. The van der Waals surface area contributed by atoms with E-state index in [-0.39, 0.29) is 5.75 Å². The molecule has 2 N–H and O–H groups in total. The van der Waals surface area contributed by atoms with Crippen molar-refractivity contribution in [2.75, 3.05) is 12.3 Å². The van der Waals surface area contributed by atoms with E-state index >= 15 is 0 Å². The monoisotopic (exact) mass is 233 g/mol. The van der Waals surface area contributed by atoms with Gasteiger partial charge in [-0.25, -0.2) is 0 Å². The van der Waals surface area contributed by atoms with E-state index in [2.05, 4.69) is 5.32 Å². The molecule has 0 amide bonds. The van der Waals surface area contributed by atoms with Crippen molar-refractivity contribution >= 4 is 10.1 Å². The first-order valence-electron chi connectivity index (χ1n) is 5.73. The maximum atomic E-state index is 10.5. The number of rotatable bonds is 5. The van der Waals surface area contributed by atoms with Crippen molar-refractivity contribution < 1.29 is 13.0 Å². The minimum Gasteiger partial charge on any atom is -0.314 e. The van der Waals surface area contributed by atoms with E-state index < -0.39 is 10.1 Å². The summed E-state index contributed by atoms with van der Waals surface area (Å²) in [7, 11) is -3.77. The van der Waals surface area contributed by atoms with Gasteiger partial charge in [0, 0.05) is 6.04 Å². The van der Waals surface area contributed by atoms with E-state index in [4.69, 9.17) is 4.55 Å². The third kappa shape index (κ3) is 3.16. The number of hydrogen-bond acceptors (Lipinski definition) is 3. The van der Waals surface area contributed by atoms with Gasteiger partial charge in [-0.3, -0.25) is 4.55 Å². The third-order valence-electron chi connectivity index (χ3n) is 3.72. The first kappa shape index (κ1) is 11.4. The van der Waals surface area contributed by atoms with E-state index in [0.717, 1.165) is 11.8 Å². The molecule has 2 saturated carbocycles. The molecule has 2 aliphatic rings. The van der Waals surface area contributed by atoms with Gasteiger partial charge in [-0.2, -0.15) is 8.42 Å². The lowest BCUT2D eigenvalue weighted by atomic mass is 9.95. The maximum Gasteiger partial charge on any atom is 0.264 e. The smallest absolute Gasteiger partial charge is 0.264 e. The Morgan fingerprint density at radius 3 is 2.60 bits per heavy atom. The molecule has 2 rings (SSSR count). The second-order valence-corrected chi connectivity index (χ2v) is 6.45. The summed E-state index contributed by atoms with van der Waals surface area (Å²) in [6.45, 7) is 0.702. The highest BCUT2D eigenvalue weighted by Gasteiger charge is 2.38. The van der Waals surface area contributed by atoms with Crippen LogP contribution in [-0.4, -0.2) is 31.3 Å². The average Bonchev–Trinajstić information content (AvgIpc) is 2.71. The standard InChI is InChI=1S/C10H19NO3S/c12-15(13,14)5-1-4-11-10-7-8-2-3-9(10)6-8/h8-11H,1-7H2,(H,12,13,14). The normalized spacial score (nSPS) is 34.9. The lowest BCUT2D eigenvalue weighted by Gasteiger charge is -2.22. The molecular formula is C10H19NO3S. The average molecular weight is 233 g/mol. The van der Waals surface area contributed by atoms with Crippen LogP contribution in [0.3, 0.4) is 0 Å². The van der Waals surface area contributed by atoms with Gasteiger partial charge < -0.3 is 5.32 Å². The predicted molar refractivity (Wildman–Crippen MR) is 58.3 cm³/mol. The zero-order valence-electron chi connectivity index (χ0n) is 8.85. The fourth-order valence-corrected chi connectivity index (χ4v) is 3.55. The molecule has 88 valence electrons. The van der Waals surface area contributed by atoms with Crippen molar-refractivity contribution in [3.8, 4) is 0 Å². The molecule has 5 heteroatoms. The molecule has 0 heterocycles. The van der Waals surface area contributed by atoms with E-state index in [1.54, 1.807) is 0 Å². The molecule has 0 aromatic carbocycles. The molecule has 3 unspecified atom stereocenters. The van der Waals surface area contributed by atoms with Crippen molar-refractivity contribution in [1.82, 2.24) is 5.32 Å². The maximum absolute atomic E-state index is 10.5. The summed E-state index contributed by atoms with van der Waals surface area (Å²) >= 11 is 0. The molecular weight excluding hydrogens is 214 g/mol. The summed E-state index contributed by atoms with van der Waals surface area (Å²) in [5.41, 5.74) is 0. The van der Waals surface area contributed by atoms with Crippen molar-refractivity contribution in [3.63, 3.8) is 0 Å². The fraction of sp³-hybridized carbons (Fsp3) is 1.00. The van der Waals surface area contributed by atoms with Gasteiger partial charge in [0.1, 0.15) is 0 Å². The van der Waals surface area contributed by atoms with Crippen LogP contribution in [0.25, 0.3) is 0 Å². The Bertz CT molecular complexity index is 315. The molecule has 0 radical (unpaired) electrons. The van der Waals surface area contributed by atoms with Gasteiger partial charge in [0.15, 0.2) is 0 Å². The van der Waals surface area contributed by atoms with Crippen molar-refractivity contribution in [1.29, 1.82) is 0 Å². The van der Waals surface area contributed by atoms with Crippen LogP contribution in [0, 0.1) is 11.8 Å². The molecule has 0 aromatic rings. The zero-order chi connectivity index (χ0) is 10.9. The molecule has 0 spiro atoms. The summed E-state index contributed by atoms with van der Waals surface area (Å²) < 4.78 is 29.5. The fourth-order valence-electron chi connectivity index (χ4n) is 3.04. The number of hydrogen-bond donors (Lipinski definition) is 2. The first-order valence-corrected chi connectivity index (χ1v) is 7.34. The van der Waals surface area contributed by atoms with Gasteiger partial charge in [0.2, 0.25) is 0 Å². The largest absolute Gasteiger partial charge is 0.314 e. The van der Waals surface area contributed by atoms with Crippen molar-refractivity contribution in [2.45, 2.75) is 38.1 Å². The highest BCUT2D eigenvalue weighted by Crippen LogP contribution is 2.44. The Labute approximate surface area is 91.2 Å². The van der Waals surface area contributed by atoms with Crippen LogP contribution in [0.4, 0.5) is 0 Å². The molecule has 2 fully saturated rings. The van der Waals surface area contributed by atoms with E-state index in [9.17, 15) is 8.42 Å².